The number of esters is 1. The van der Waals surface area contributed by atoms with Gasteiger partial charge in [0.05, 0.1) is 6.61 Å². The largest absolute Gasteiger partial charge is 0.465 e. The maximum absolute atomic E-state index is 11.4. The van der Waals surface area contributed by atoms with Crippen LogP contribution in [0.2, 0.25) is 0 Å². The summed E-state index contributed by atoms with van der Waals surface area (Å²) in [4.78, 5) is 11.4. The summed E-state index contributed by atoms with van der Waals surface area (Å²) in [5, 5.41) is 3.21. The lowest BCUT2D eigenvalue weighted by atomic mass is 10.2. The number of nitrogens with zero attached hydrogens (tertiary/aromatic N) is 1. The van der Waals surface area contributed by atoms with Gasteiger partial charge in [-0.2, -0.15) is 5.10 Å². The van der Waals surface area contributed by atoms with E-state index in [9.17, 15) is 4.79 Å². The standard InChI is InChI=1S/C8H17N3O2S/c1-3-5-6(7(12)13-4-2)14-8(9)11-10/h6H,3-5,10H2,1-2H3,(H2,9,11). The number of ether oxygens (including phenoxy) is 1. The van der Waals surface area contributed by atoms with Crippen LogP contribution in [-0.4, -0.2) is 23.0 Å². The highest BCUT2D eigenvalue weighted by Gasteiger charge is 2.20. The molecule has 0 amide bonds. The highest BCUT2D eigenvalue weighted by atomic mass is 32.2. The van der Waals surface area contributed by atoms with Crippen LogP contribution in [0.1, 0.15) is 26.7 Å². The molecule has 1 atom stereocenters. The van der Waals surface area contributed by atoms with Crippen LogP contribution in [0.15, 0.2) is 5.10 Å². The quantitative estimate of drug-likeness (QED) is 0.233. The molecule has 0 spiro atoms. The van der Waals surface area contributed by atoms with Gasteiger partial charge >= 0.3 is 5.97 Å². The van der Waals surface area contributed by atoms with Crippen LogP contribution in [0.25, 0.3) is 0 Å². The molecule has 0 aliphatic carbocycles. The van der Waals surface area contributed by atoms with Crippen LogP contribution in [0.4, 0.5) is 0 Å². The number of hydrogen-bond donors (Lipinski definition) is 2. The molecule has 82 valence electrons. The molecule has 0 radical (unpaired) electrons. The monoisotopic (exact) mass is 219 g/mol. The summed E-state index contributed by atoms with van der Waals surface area (Å²) in [5.74, 6) is 4.72. The molecular weight excluding hydrogens is 202 g/mol. The number of rotatable bonds is 5. The molecule has 6 heteroatoms. The Kier molecular flexibility index (Phi) is 7.00. The molecule has 0 aromatic rings. The van der Waals surface area contributed by atoms with Crippen LogP contribution < -0.4 is 11.6 Å². The Morgan fingerprint density at radius 2 is 2.21 bits per heavy atom. The van der Waals surface area contributed by atoms with E-state index < -0.39 is 0 Å². The van der Waals surface area contributed by atoms with Crippen molar-refractivity contribution >= 4 is 22.9 Å². The third kappa shape index (κ3) is 4.96. The van der Waals surface area contributed by atoms with Crippen molar-refractivity contribution in [3.63, 3.8) is 0 Å². The number of hydrogen-bond acceptors (Lipinski definition) is 5. The van der Waals surface area contributed by atoms with Crippen molar-refractivity contribution in [2.24, 2.45) is 16.7 Å². The maximum Gasteiger partial charge on any atom is 0.319 e. The minimum atomic E-state index is -0.299. The second-order valence-corrected chi connectivity index (χ2v) is 3.84. The Morgan fingerprint density at radius 1 is 1.57 bits per heavy atom. The van der Waals surface area contributed by atoms with Crippen LogP contribution in [-0.2, 0) is 9.53 Å². The van der Waals surface area contributed by atoms with Crippen molar-refractivity contribution in [2.45, 2.75) is 31.9 Å². The number of nitrogens with two attached hydrogens (primary N) is 2. The van der Waals surface area contributed by atoms with Gasteiger partial charge in [-0.15, -0.1) is 0 Å². The molecule has 5 nitrogen and oxygen atoms in total. The molecule has 0 fully saturated rings. The molecule has 0 aromatic carbocycles. The summed E-state index contributed by atoms with van der Waals surface area (Å²) < 4.78 is 4.89. The van der Waals surface area contributed by atoms with Gasteiger partial charge in [-0.1, -0.05) is 25.1 Å². The Hall–Kier alpha value is -0.910. The molecule has 14 heavy (non-hydrogen) atoms. The first-order chi connectivity index (χ1) is 6.65. The van der Waals surface area contributed by atoms with Crippen LogP contribution in [0, 0.1) is 0 Å². The van der Waals surface area contributed by atoms with Crippen molar-refractivity contribution < 1.29 is 9.53 Å². The molecule has 0 saturated heterocycles. The van der Waals surface area contributed by atoms with Crippen molar-refractivity contribution in [1.29, 1.82) is 0 Å². The Morgan fingerprint density at radius 3 is 2.64 bits per heavy atom. The Balaban J connectivity index is 4.20. The van der Waals surface area contributed by atoms with Crippen LogP contribution in [0.3, 0.4) is 0 Å². The lowest BCUT2D eigenvalue weighted by Crippen LogP contribution is -2.24. The zero-order chi connectivity index (χ0) is 11.0. The summed E-state index contributed by atoms with van der Waals surface area (Å²) in [6.45, 7) is 4.13. The predicted molar refractivity (Wildman–Crippen MR) is 58.7 cm³/mol. The maximum atomic E-state index is 11.4. The molecule has 0 aliphatic heterocycles. The summed E-state index contributed by atoms with van der Waals surface area (Å²) in [6.07, 6.45) is 1.59. The van der Waals surface area contributed by atoms with Crippen LogP contribution in [0.5, 0.6) is 0 Å². The number of carbonyl (C=O) groups excluding carboxylic acids is 1. The molecule has 0 aromatic heterocycles. The summed E-state index contributed by atoms with van der Waals surface area (Å²) in [7, 11) is 0. The zero-order valence-corrected chi connectivity index (χ0v) is 9.34. The molecule has 4 N–H and O–H groups in total. The molecule has 0 saturated carbocycles. The smallest absolute Gasteiger partial charge is 0.319 e. The third-order valence-electron chi connectivity index (χ3n) is 1.49. The fourth-order valence-electron chi connectivity index (χ4n) is 0.898. The topological polar surface area (TPSA) is 90.7 Å². The second kappa shape index (κ2) is 7.49. The van der Waals surface area contributed by atoms with E-state index in [-0.39, 0.29) is 16.4 Å². The number of hydrazone groups is 1. The minimum absolute atomic E-state index is 0.205. The van der Waals surface area contributed by atoms with Crippen molar-refractivity contribution in [1.82, 2.24) is 0 Å². The van der Waals surface area contributed by atoms with E-state index in [4.69, 9.17) is 16.3 Å². The van der Waals surface area contributed by atoms with Crippen molar-refractivity contribution in [3.05, 3.63) is 0 Å². The van der Waals surface area contributed by atoms with Crippen molar-refractivity contribution in [3.8, 4) is 0 Å². The van der Waals surface area contributed by atoms with Gasteiger partial charge in [-0.05, 0) is 13.3 Å². The average Bonchev–Trinajstić information content (AvgIpc) is 2.17. The Labute approximate surface area is 88.2 Å². The van der Waals surface area contributed by atoms with E-state index in [1.54, 1.807) is 6.92 Å². The zero-order valence-electron chi connectivity index (χ0n) is 8.53. The highest BCUT2D eigenvalue weighted by molar-refractivity contribution is 8.14. The lowest BCUT2D eigenvalue weighted by Gasteiger charge is -2.12. The number of amidine groups is 1. The highest BCUT2D eigenvalue weighted by Crippen LogP contribution is 2.17. The number of thioether (sulfide) groups is 1. The molecule has 1 unspecified atom stereocenters. The first kappa shape index (κ1) is 13.1. The lowest BCUT2D eigenvalue weighted by molar-refractivity contribution is -0.142. The van der Waals surface area contributed by atoms with E-state index in [1.807, 2.05) is 6.92 Å². The fourth-order valence-corrected chi connectivity index (χ4v) is 1.77. The normalized spacial score (nSPS) is 13.7. The predicted octanol–water partition coefficient (Wildman–Crippen LogP) is 0.640. The second-order valence-electron chi connectivity index (χ2n) is 2.61. The summed E-state index contributed by atoms with van der Waals surface area (Å²) in [5.41, 5.74) is 5.42. The number of carbonyl (C=O) groups is 1. The SMILES string of the molecule is CCCC(SC(N)=NN)C(=O)OCC. The summed E-state index contributed by atoms with van der Waals surface area (Å²) in [6, 6.07) is 0. The first-order valence-corrected chi connectivity index (χ1v) is 5.40. The molecule has 0 rings (SSSR count). The van der Waals surface area contributed by atoms with E-state index in [0.29, 0.717) is 13.0 Å². The molecular formula is C8H17N3O2S. The van der Waals surface area contributed by atoms with Gasteiger partial charge in [0.1, 0.15) is 5.25 Å². The molecule has 0 bridgehead atoms. The van der Waals surface area contributed by atoms with Gasteiger partial charge in [-0.3, -0.25) is 4.79 Å². The minimum Gasteiger partial charge on any atom is -0.465 e. The molecule has 0 aliphatic rings. The third-order valence-corrected chi connectivity index (χ3v) is 2.55. The molecule has 0 heterocycles. The van der Waals surface area contributed by atoms with E-state index in [0.717, 1.165) is 18.2 Å². The summed E-state index contributed by atoms with van der Waals surface area (Å²) >= 11 is 1.15. The Bertz CT molecular complexity index is 209. The van der Waals surface area contributed by atoms with Crippen LogP contribution >= 0.6 is 11.8 Å². The van der Waals surface area contributed by atoms with Gasteiger partial charge in [-0.25, -0.2) is 0 Å². The van der Waals surface area contributed by atoms with Crippen molar-refractivity contribution in [2.75, 3.05) is 6.61 Å². The average molecular weight is 219 g/mol. The van der Waals surface area contributed by atoms with Gasteiger partial charge in [0.15, 0.2) is 5.17 Å². The fraction of sp³-hybridized carbons (Fsp3) is 0.750. The van der Waals surface area contributed by atoms with Gasteiger partial charge in [0.25, 0.3) is 0 Å². The van der Waals surface area contributed by atoms with Gasteiger partial charge < -0.3 is 16.3 Å². The van der Waals surface area contributed by atoms with E-state index >= 15 is 0 Å². The van der Waals surface area contributed by atoms with Gasteiger partial charge in [0, 0.05) is 0 Å². The van der Waals surface area contributed by atoms with E-state index in [2.05, 4.69) is 5.10 Å². The van der Waals surface area contributed by atoms with E-state index in [1.165, 1.54) is 0 Å². The van der Waals surface area contributed by atoms with Gasteiger partial charge in [0.2, 0.25) is 0 Å². The first-order valence-electron chi connectivity index (χ1n) is 4.52.